The number of hydroxylamine groups is 1. The summed E-state index contributed by atoms with van der Waals surface area (Å²) in [6.07, 6.45) is 3.67. The predicted octanol–water partition coefficient (Wildman–Crippen LogP) is 0.326. The van der Waals surface area contributed by atoms with Crippen LogP contribution in [0.4, 0.5) is 0 Å². The van der Waals surface area contributed by atoms with Gasteiger partial charge in [0.05, 0.1) is 18.3 Å². The maximum Gasteiger partial charge on any atom is 0.276 e. The molecule has 7 nitrogen and oxygen atoms in total. The lowest BCUT2D eigenvalue weighted by Crippen LogP contribution is -2.49. The van der Waals surface area contributed by atoms with Gasteiger partial charge in [-0.3, -0.25) is 19.9 Å². The highest BCUT2D eigenvalue weighted by molar-refractivity contribution is 5.93. The molecule has 1 fully saturated rings. The lowest BCUT2D eigenvalue weighted by molar-refractivity contribution is -0.00812. The third-order valence-corrected chi connectivity index (χ3v) is 4.66. The first-order chi connectivity index (χ1) is 11.2. The number of aromatic nitrogens is 1. The molecule has 23 heavy (non-hydrogen) atoms. The summed E-state index contributed by atoms with van der Waals surface area (Å²) in [6.45, 7) is 6.38. The van der Waals surface area contributed by atoms with E-state index in [0.717, 1.165) is 56.9 Å². The molecule has 0 aromatic carbocycles. The van der Waals surface area contributed by atoms with Crippen LogP contribution in [0.25, 0.3) is 0 Å². The Morgan fingerprint density at radius 2 is 2.48 bits per heavy atom. The van der Waals surface area contributed by atoms with Crippen molar-refractivity contribution in [3.05, 3.63) is 29.1 Å². The van der Waals surface area contributed by atoms with Crippen LogP contribution in [-0.2, 0) is 17.7 Å². The van der Waals surface area contributed by atoms with Crippen LogP contribution >= 0.6 is 0 Å². The minimum Gasteiger partial charge on any atom is -0.374 e. The van der Waals surface area contributed by atoms with Crippen LogP contribution < -0.4 is 10.8 Å². The van der Waals surface area contributed by atoms with Crippen molar-refractivity contribution >= 4 is 5.91 Å². The molecule has 2 aliphatic rings. The monoisotopic (exact) mass is 320 g/mol. The Kier molecular flexibility index (Phi) is 5.22. The quantitative estimate of drug-likeness (QED) is 0.547. The molecular formula is C16H24N4O3. The molecule has 0 spiro atoms. The van der Waals surface area contributed by atoms with Crippen LogP contribution in [0.3, 0.4) is 0 Å². The highest BCUT2D eigenvalue weighted by Crippen LogP contribution is 2.25. The van der Waals surface area contributed by atoms with E-state index in [1.165, 1.54) is 6.20 Å². The molecule has 3 heterocycles. The van der Waals surface area contributed by atoms with Crippen molar-refractivity contribution in [2.75, 3.05) is 26.2 Å². The minimum absolute atomic E-state index is 0.205. The van der Waals surface area contributed by atoms with E-state index in [1.807, 2.05) is 6.07 Å². The molecule has 1 saturated heterocycles. The van der Waals surface area contributed by atoms with Crippen molar-refractivity contribution in [2.24, 2.45) is 0 Å². The van der Waals surface area contributed by atoms with Crippen molar-refractivity contribution in [2.45, 2.75) is 38.5 Å². The molecule has 0 radical (unpaired) electrons. The smallest absolute Gasteiger partial charge is 0.276 e. The van der Waals surface area contributed by atoms with Crippen molar-refractivity contribution in [1.29, 1.82) is 0 Å². The van der Waals surface area contributed by atoms with Crippen LogP contribution in [0.15, 0.2) is 12.3 Å². The van der Waals surface area contributed by atoms with Gasteiger partial charge in [0.1, 0.15) is 0 Å². The van der Waals surface area contributed by atoms with Gasteiger partial charge in [0.15, 0.2) is 0 Å². The van der Waals surface area contributed by atoms with Crippen molar-refractivity contribution < 1.29 is 14.7 Å². The molecule has 0 saturated carbocycles. The van der Waals surface area contributed by atoms with Crippen molar-refractivity contribution in [1.82, 2.24) is 20.7 Å². The number of amides is 1. The summed E-state index contributed by atoms with van der Waals surface area (Å²) in [6, 6.07) is 2.27. The van der Waals surface area contributed by atoms with Crippen molar-refractivity contribution in [3.8, 4) is 0 Å². The van der Waals surface area contributed by atoms with Crippen LogP contribution in [0.5, 0.6) is 0 Å². The summed E-state index contributed by atoms with van der Waals surface area (Å²) < 4.78 is 5.82. The van der Waals surface area contributed by atoms with Gasteiger partial charge in [0, 0.05) is 50.5 Å². The number of morpholine rings is 1. The number of carbonyl (C=O) groups is 1. The topological polar surface area (TPSA) is 86.7 Å². The summed E-state index contributed by atoms with van der Waals surface area (Å²) >= 11 is 0. The Hall–Kier alpha value is -1.54. The van der Waals surface area contributed by atoms with Crippen LogP contribution in [0.2, 0.25) is 0 Å². The van der Waals surface area contributed by atoms with Gasteiger partial charge in [-0.25, -0.2) is 5.48 Å². The first kappa shape index (κ1) is 16.3. The van der Waals surface area contributed by atoms with Gasteiger partial charge in [-0.2, -0.15) is 0 Å². The molecule has 126 valence electrons. The normalized spacial score (nSPS) is 25.0. The Morgan fingerprint density at radius 3 is 3.17 bits per heavy atom. The second-order valence-corrected chi connectivity index (χ2v) is 6.16. The molecule has 7 heteroatoms. The third kappa shape index (κ3) is 3.69. The van der Waals surface area contributed by atoms with E-state index >= 15 is 0 Å². The molecule has 2 unspecified atom stereocenters. The summed E-state index contributed by atoms with van der Waals surface area (Å²) in [5, 5.41) is 12.1. The van der Waals surface area contributed by atoms with E-state index in [2.05, 4.69) is 22.1 Å². The molecule has 2 aliphatic heterocycles. The number of hydrogen-bond donors (Lipinski definition) is 3. The summed E-state index contributed by atoms with van der Waals surface area (Å²) in [7, 11) is 0. The molecule has 1 aromatic heterocycles. The van der Waals surface area contributed by atoms with Gasteiger partial charge in [0.25, 0.3) is 5.91 Å². The van der Waals surface area contributed by atoms with Crippen LogP contribution in [0, 0.1) is 0 Å². The summed E-state index contributed by atoms with van der Waals surface area (Å²) in [5.74, 6) is -0.524. The van der Waals surface area contributed by atoms with E-state index < -0.39 is 5.91 Å². The number of nitrogens with one attached hydrogen (secondary N) is 2. The van der Waals surface area contributed by atoms with E-state index in [4.69, 9.17) is 9.94 Å². The average molecular weight is 320 g/mol. The second kappa shape index (κ2) is 7.35. The summed E-state index contributed by atoms with van der Waals surface area (Å²) in [4.78, 5) is 18.4. The number of nitrogens with zero attached hydrogens (tertiary/aromatic N) is 2. The fourth-order valence-corrected chi connectivity index (χ4v) is 3.36. The van der Waals surface area contributed by atoms with Crippen LogP contribution in [0.1, 0.15) is 35.0 Å². The zero-order chi connectivity index (χ0) is 16.2. The van der Waals surface area contributed by atoms with Gasteiger partial charge in [-0.05, 0) is 18.1 Å². The maximum absolute atomic E-state index is 11.6. The van der Waals surface area contributed by atoms with E-state index in [-0.39, 0.29) is 6.10 Å². The van der Waals surface area contributed by atoms with Crippen molar-refractivity contribution in [3.63, 3.8) is 0 Å². The lowest BCUT2D eigenvalue weighted by Gasteiger charge is -2.39. The lowest BCUT2D eigenvalue weighted by atomic mass is 9.95. The standard InChI is InChI=1S/C16H24N4O3/c1-2-13-6-15-12(5-11(7-18-15)16(21)19-22)9-20(13)10-14-8-17-3-4-23-14/h5,7,13-14,17,22H,2-4,6,8-10H2,1H3,(H,19,21). The minimum atomic E-state index is -0.524. The molecule has 1 amide bonds. The van der Waals surface area contributed by atoms with Gasteiger partial charge in [0.2, 0.25) is 0 Å². The average Bonchev–Trinajstić information content (AvgIpc) is 2.60. The zero-order valence-electron chi connectivity index (χ0n) is 13.4. The molecule has 3 N–H and O–H groups in total. The SMILES string of the molecule is CCC1Cc2ncc(C(=O)NO)cc2CN1CC1CNCCO1. The molecule has 3 rings (SSSR count). The zero-order valence-corrected chi connectivity index (χ0v) is 13.4. The molecule has 1 aromatic rings. The maximum atomic E-state index is 11.6. The van der Waals surface area contributed by atoms with Gasteiger partial charge >= 0.3 is 0 Å². The first-order valence-corrected chi connectivity index (χ1v) is 8.19. The number of rotatable bonds is 4. The molecular weight excluding hydrogens is 296 g/mol. The first-order valence-electron chi connectivity index (χ1n) is 8.19. The summed E-state index contributed by atoms with van der Waals surface area (Å²) in [5.41, 5.74) is 4.15. The number of pyridine rings is 1. The fraction of sp³-hybridized carbons (Fsp3) is 0.625. The Morgan fingerprint density at radius 1 is 1.61 bits per heavy atom. The second-order valence-electron chi connectivity index (χ2n) is 6.16. The number of fused-ring (bicyclic) bond motifs is 1. The number of ether oxygens (including phenoxy) is 1. The van der Waals surface area contributed by atoms with Gasteiger partial charge in [-0.1, -0.05) is 6.92 Å². The molecule has 2 atom stereocenters. The third-order valence-electron chi connectivity index (χ3n) is 4.66. The highest BCUT2D eigenvalue weighted by Gasteiger charge is 2.29. The van der Waals surface area contributed by atoms with E-state index in [9.17, 15) is 4.79 Å². The highest BCUT2D eigenvalue weighted by atomic mass is 16.5. The van der Waals surface area contributed by atoms with Crippen LogP contribution in [-0.4, -0.2) is 59.4 Å². The van der Waals surface area contributed by atoms with Gasteiger partial charge < -0.3 is 10.1 Å². The van der Waals surface area contributed by atoms with E-state index in [1.54, 1.807) is 5.48 Å². The Balaban J connectivity index is 1.76. The fourth-order valence-electron chi connectivity index (χ4n) is 3.36. The Bertz CT molecular complexity index is 560. The molecule has 0 aliphatic carbocycles. The Labute approximate surface area is 136 Å². The van der Waals surface area contributed by atoms with E-state index in [0.29, 0.717) is 11.6 Å². The number of hydrogen-bond acceptors (Lipinski definition) is 6. The van der Waals surface area contributed by atoms with Gasteiger partial charge in [-0.15, -0.1) is 0 Å². The number of carbonyl (C=O) groups excluding carboxylic acids is 1. The largest absolute Gasteiger partial charge is 0.374 e. The molecule has 0 bridgehead atoms. The predicted molar refractivity (Wildman–Crippen MR) is 84.3 cm³/mol.